The summed E-state index contributed by atoms with van der Waals surface area (Å²) in [5.41, 5.74) is 6.32. The average molecular weight is 386 g/mol. The second-order valence-corrected chi connectivity index (χ2v) is 4.33. The van der Waals surface area contributed by atoms with Crippen LogP contribution in [0.5, 0.6) is 5.75 Å². The van der Waals surface area contributed by atoms with Crippen LogP contribution in [0, 0.1) is 18.5 Å². The molecule has 0 atom stereocenters. The van der Waals surface area contributed by atoms with Gasteiger partial charge in [0.2, 0.25) is 0 Å². The van der Waals surface area contributed by atoms with Crippen molar-refractivity contribution < 1.29 is 5.11 Å². The fourth-order valence-electron chi connectivity index (χ4n) is 0.716. The van der Waals surface area contributed by atoms with Gasteiger partial charge in [-0.1, -0.05) is 0 Å². The third kappa shape index (κ3) is 1.59. The van der Waals surface area contributed by atoms with Gasteiger partial charge >= 0.3 is 0 Å². The zero-order chi connectivity index (χ0) is 9.30. The Bertz CT molecular complexity index is 371. The van der Waals surface area contributed by atoms with Gasteiger partial charge in [-0.3, -0.25) is 0 Å². The molecular formula is C7H4I2N2O. The Kier molecular flexibility index (Phi) is 3.00. The van der Waals surface area contributed by atoms with E-state index in [4.69, 9.17) is 11.0 Å². The maximum Gasteiger partial charge on any atom is 0.144 e. The SMILES string of the molecule is N#Cc1cc(I)c(O)c(I)c1N. The monoisotopic (exact) mass is 386 g/mol. The summed E-state index contributed by atoms with van der Waals surface area (Å²) in [5, 5.41) is 18.0. The van der Waals surface area contributed by atoms with Crippen LogP contribution in [0.15, 0.2) is 6.07 Å². The molecule has 62 valence electrons. The number of nitrogens with two attached hydrogens (primary N) is 1. The van der Waals surface area contributed by atoms with E-state index < -0.39 is 0 Å². The molecule has 0 aliphatic rings. The van der Waals surface area contributed by atoms with Crippen LogP contribution in [0.3, 0.4) is 0 Å². The van der Waals surface area contributed by atoms with Crippen molar-refractivity contribution in [2.75, 3.05) is 5.73 Å². The second kappa shape index (κ2) is 3.66. The van der Waals surface area contributed by atoms with E-state index in [-0.39, 0.29) is 5.75 Å². The molecule has 3 nitrogen and oxygen atoms in total. The largest absolute Gasteiger partial charge is 0.506 e. The lowest BCUT2D eigenvalue weighted by Crippen LogP contribution is -1.95. The predicted molar refractivity (Wildman–Crippen MR) is 62.7 cm³/mol. The molecule has 0 spiro atoms. The van der Waals surface area contributed by atoms with Crippen molar-refractivity contribution in [1.29, 1.82) is 5.26 Å². The van der Waals surface area contributed by atoms with Crippen molar-refractivity contribution in [1.82, 2.24) is 0 Å². The first-order valence-electron chi connectivity index (χ1n) is 2.94. The molecule has 1 aromatic rings. The first-order chi connectivity index (χ1) is 5.57. The third-order valence-corrected chi connectivity index (χ3v) is 3.27. The Labute approximate surface area is 96.8 Å². The quantitative estimate of drug-likeness (QED) is 0.530. The lowest BCUT2D eigenvalue weighted by Gasteiger charge is -2.04. The molecule has 0 fully saturated rings. The lowest BCUT2D eigenvalue weighted by atomic mass is 10.2. The summed E-state index contributed by atoms with van der Waals surface area (Å²) in [4.78, 5) is 0. The molecule has 0 amide bonds. The highest BCUT2D eigenvalue weighted by Crippen LogP contribution is 2.32. The molecule has 0 radical (unpaired) electrons. The number of aromatic hydroxyl groups is 1. The van der Waals surface area contributed by atoms with Crippen LogP contribution in [0.2, 0.25) is 0 Å². The first-order valence-corrected chi connectivity index (χ1v) is 5.10. The molecule has 0 saturated heterocycles. The molecule has 0 saturated carbocycles. The van der Waals surface area contributed by atoms with Crippen LogP contribution in [-0.2, 0) is 0 Å². The van der Waals surface area contributed by atoms with Crippen LogP contribution in [-0.4, -0.2) is 5.11 Å². The van der Waals surface area contributed by atoms with E-state index in [9.17, 15) is 5.11 Å². The summed E-state index contributed by atoms with van der Waals surface area (Å²) in [7, 11) is 0. The molecule has 12 heavy (non-hydrogen) atoms. The average Bonchev–Trinajstić information content (AvgIpc) is 2.08. The van der Waals surface area contributed by atoms with Crippen LogP contribution >= 0.6 is 45.2 Å². The van der Waals surface area contributed by atoms with Gasteiger partial charge in [0, 0.05) is 0 Å². The van der Waals surface area contributed by atoms with Crippen molar-refractivity contribution in [2.24, 2.45) is 0 Å². The summed E-state index contributed by atoms with van der Waals surface area (Å²) >= 11 is 3.87. The number of hydrogen-bond acceptors (Lipinski definition) is 3. The molecule has 1 rings (SSSR count). The van der Waals surface area contributed by atoms with E-state index in [0.717, 1.165) is 0 Å². The van der Waals surface area contributed by atoms with Gasteiger partial charge < -0.3 is 10.8 Å². The summed E-state index contributed by atoms with van der Waals surface area (Å²) in [6, 6.07) is 3.52. The van der Waals surface area contributed by atoms with Crippen molar-refractivity contribution in [3.05, 3.63) is 18.8 Å². The standard InChI is InChI=1S/C7H4I2N2O/c8-4-1-3(2-10)6(11)5(9)7(4)12/h1,12H,11H2. The van der Waals surface area contributed by atoms with Gasteiger partial charge in [-0.25, -0.2) is 0 Å². The molecular weight excluding hydrogens is 382 g/mol. The topological polar surface area (TPSA) is 70.0 Å². The lowest BCUT2D eigenvalue weighted by molar-refractivity contribution is 0.468. The molecule has 5 heteroatoms. The first kappa shape index (κ1) is 9.85. The van der Waals surface area contributed by atoms with E-state index in [0.29, 0.717) is 18.4 Å². The number of nitrogens with zero attached hydrogens (tertiary/aromatic N) is 1. The van der Waals surface area contributed by atoms with Gasteiger partial charge in [-0.15, -0.1) is 0 Å². The highest BCUT2D eigenvalue weighted by atomic mass is 127. The number of phenols is 1. The van der Waals surface area contributed by atoms with Gasteiger partial charge in [0.15, 0.2) is 0 Å². The number of nitrogen functional groups attached to an aromatic ring is 1. The van der Waals surface area contributed by atoms with Gasteiger partial charge in [-0.2, -0.15) is 5.26 Å². The van der Waals surface area contributed by atoms with E-state index >= 15 is 0 Å². The molecule has 0 unspecified atom stereocenters. The number of hydrogen-bond donors (Lipinski definition) is 2. The van der Waals surface area contributed by atoms with E-state index in [1.54, 1.807) is 6.07 Å². The minimum atomic E-state index is 0.146. The number of phenolic OH excluding ortho intramolecular Hbond substituents is 1. The number of benzene rings is 1. The zero-order valence-corrected chi connectivity index (χ0v) is 10.1. The van der Waals surface area contributed by atoms with Crippen LogP contribution in [0.25, 0.3) is 0 Å². The molecule has 0 aromatic heterocycles. The minimum absolute atomic E-state index is 0.146. The molecule has 3 N–H and O–H groups in total. The number of anilines is 1. The Hall–Kier alpha value is -0.230. The third-order valence-electron chi connectivity index (χ3n) is 1.35. The van der Waals surface area contributed by atoms with Crippen molar-refractivity contribution in [2.45, 2.75) is 0 Å². The Morgan fingerprint density at radius 1 is 1.50 bits per heavy atom. The minimum Gasteiger partial charge on any atom is -0.506 e. The molecule has 0 heterocycles. The summed E-state index contributed by atoms with van der Waals surface area (Å²) < 4.78 is 1.18. The van der Waals surface area contributed by atoms with Crippen LogP contribution < -0.4 is 5.73 Å². The smallest absolute Gasteiger partial charge is 0.144 e. The van der Waals surface area contributed by atoms with Crippen molar-refractivity contribution in [3.63, 3.8) is 0 Å². The Morgan fingerprint density at radius 3 is 2.58 bits per heavy atom. The summed E-state index contributed by atoms with van der Waals surface area (Å²) in [6.45, 7) is 0. The zero-order valence-electron chi connectivity index (χ0n) is 5.81. The van der Waals surface area contributed by atoms with Crippen molar-refractivity contribution in [3.8, 4) is 11.8 Å². The maximum atomic E-state index is 9.40. The molecule has 0 aliphatic heterocycles. The fraction of sp³-hybridized carbons (Fsp3) is 0. The number of rotatable bonds is 0. The van der Waals surface area contributed by atoms with E-state index in [1.807, 2.05) is 51.3 Å². The second-order valence-electron chi connectivity index (χ2n) is 2.09. The summed E-state index contributed by atoms with van der Waals surface area (Å²) in [6.07, 6.45) is 0. The molecule has 0 bridgehead atoms. The number of nitriles is 1. The molecule has 1 aromatic carbocycles. The normalized spacial score (nSPS) is 9.42. The maximum absolute atomic E-state index is 9.40. The fourth-order valence-corrected chi connectivity index (χ4v) is 2.39. The highest BCUT2D eigenvalue weighted by Gasteiger charge is 2.11. The number of halogens is 2. The highest BCUT2D eigenvalue weighted by molar-refractivity contribution is 14.1. The van der Waals surface area contributed by atoms with Crippen LogP contribution in [0.4, 0.5) is 5.69 Å². The molecule has 0 aliphatic carbocycles. The van der Waals surface area contributed by atoms with E-state index in [2.05, 4.69) is 0 Å². The summed E-state index contributed by atoms with van der Waals surface area (Å²) in [5.74, 6) is 0.146. The van der Waals surface area contributed by atoms with Gasteiger partial charge in [-0.05, 0) is 51.2 Å². The van der Waals surface area contributed by atoms with Crippen molar-refractivity contribution >= 4 is 50.9 Å². The van der Waals surface area contributed by atoms with Gasteiger partial charge in [0.05, 0.1) is 18.4 Å². The van der Waals surface area contributed by atoms with Crippen LogP contribution in [0.1, 0.15) is 5.56 Å². The Balaban J connectivity index is 3.52. The Morgan fingerprint density at radius 2 is 2.08 bits per heavy atom. The van der Waals surface area contributed by atoms with Gasteiger partial charge in [0.25, 0.3) is 0 Å². The van der Waals surface area contributed by atoms with E-state index in [1.165, 1.54) is 0 Å². The van der Waals surface area contributed by atoms with Gasteiger partial charge in [0.1, 0.15) is 11.8 Å². The predicted octanol–water partition coefficient (Wildman–Crippen LogP) is 2.06.